The average Bonchev–Trinajstić information content (AvgIpc) is 3.65. The molecule has 0 saturated heterocycles. The Morgan fingerprint density at radius 2 is 0.679 bits per heavy atom. The summed E-state index contributed by atoms with van der Waals surface area (Å²) in [6.07, 6.45) is 8.19. The molecule has 394 valence electrons. The fourth-order valence-electron chi connectivity index (χ4n) is 9.17. The molecular weight excluding hydrogens is 1010 g/mol. The number of rotatable bonds is 21. The summed E-state index contributed by atoms with van der Waals surface area (Å²) >= 11 is 0. The third-order valence-electron chi connectivity index (χ3n) is 13.1. The second-order valence-corrected chi connectivity index (χ2v) is 25.7. The first-order chi connectivity index (χ1) is 37.5. The number of hydrogen-bond donors (Lipinski definition) is 0. The zero-order chi connectivity index (χ0) is 55.5. The molecule has 8 aromatic rings. The van der Waals surface area contributed by atoms with Crippen molar-refractivity contribution < 1.29 is 47.3 Å². The van der Waals surface area contributed by atoms with Gasteiger partial charge in [-0.15, -0.1) is 0 Å². The van der Waals surface area contributed by atoms with Gasteiger partial charge in [-0.2, -0.15) is 0 Å². The largest absolute Gasteiger partial charge is 0.462 e. The van der Waals surface area contributed by atoms with E-state index >= 15 is 9.13 Å². The van der Waals surface area contributed by atoms with Crippen LogP contribution in [0, 0.1) is 10.8 Å². The Bertz CT molecular complexity index is 3360. The van der Waals surface area contributed by atoms with E-state index in [9.17, 15) is 19.2 Å². The van der Waals surface area contributed by atoms with Crippen molar-refractivity contribution >= 4 is 104 Å². The lowest BCUT2D eigenvalue weighted by molar-refractivity contribution is -0.148. The Labute approximate surface area is 455 Å². The second-order valence-electron chi connectivity index (χ2n) is 20.2. The Hall–Kier alpha value is -8.42. The Morgan fingerprint density at radius 3 is 0.974 bits per heavy atom. The number of hydrogen-bond acceptors (Lipinski definition) is 10. The summed E-state index contributed by atoms with van der Waals surface area (Å²) in [4.78, 5) is 50.5. The molecule has 0 aliphatic rings. The molecule has 0 aromatic heterocycles. The van der Waals surface area contributed by atoms with Crippen LogP contribution >= 0.6 is 14.3 Å². The number of benzene rings is 8. The molecule has 0 unspecified atom stereocenters. The molecule has 0 saturated carbocycles. The standard InChI is InChI=1S/C66H60O10P2/c1-7-59(67)73-43-65(3,4)45-75-61(69)41-35-47-23-21-33-55-53(47)37-39-57(77(71,49-25-13-9-14-26-49)50-27-15-10-16-28-50)63(55)64-56-34-22-24-48(36-42-62(70)76-46-66(5,6)44-74-60(68)8-2)54(56)38-40-58(64)78(72,51-29-17-11-18-30-51)52-31-19-12-20-32-52/h7-42H,1-2,43-46H2,3-6H3/b41-35+,42-36+. The number of esters is 4. The van der Waals surface area contributed by atoms with Gasteiger partial charge in [-0.3, -0.25) is 0 Å². The molecule has 0 amide bonds. The molecule has 10 nitrogen and oxygen atoms in total. The minimum atomic E-state index is -3.86. The van der Waals surface area contributed by atoms with Gasteiger partial charge in [-0.25, -0.2) is 19.2 Å². The van der Waals surface area contributed by atoms with Crippen molar-refractivity contribution in [1.82, 2.24) is 0 Å². The lowest BCUT2D eigenvalue weighted by atomic mass is 9.91. The summed E-state index contributed by atoms with van der Waals surface area (Å²) in [6, 6.07) is 56.5. The van der Waals surface area contributed by atoms with E-state index in [-0.39, 0.29) is 26.4 Å². The van der Waals surface area contributed by atoms with Crippen molar-refractivity contribution in [3.63, 3.8) is 0 Å². The normalized spacial score (nSPS) is 12.1. The van der Waals surface area contributed by atoms with Gasteiger partial charge in [0.05, 0.1) is 26.4 Å². The van der Waals surface area contributed by atoms with E-state index in [1.54, 1.807) is 12.2 Å². The lowest BCUT2D eigenvalue weighted by Crippen LogP contribution is -2.30. The summed E-state index contributed by atoms with van der Waals surface area (Å²) in [5.41, 5.74) is 1.04. The molecular formula is C66H60O10P2. The molecule has 0 atom stereocenters. The molecule has 78 heavy (non-hydrogen) atoms. The fourth-order valence-corrected chi connectivity index (χ4v) is 14.9. The van der Waals surface area contributed by atoms with Gasteiger partial charge in [-0.05, 0) is 57.0 Å². The van der Waals surface area contributed by atoms with E-state index in [1.807, 2.05) is 210 Å². The maximum atomic E-state index is 17.0. The van der Waals surface area contributed by atoms with Crippen LogP contribution in [0.5, 0.6) is 0 Å². The zero-order valence-corrected chi connectivity index (χ0v) is 45.8. The van der Waals surface area contributed by atoms with Crippen molar-refractivity contribution in [3.8, 4) is 11.1 Å². The number of fused-ring (bicyclic) bond motifs is 2. The maximum Gasteiger partial charge on any atom is 0.330 e. The monoisotopic (exact) mass is 1070 g/mol. The van der Waals surface area contributed by atoms with Gasteiger partial charge in [0.1, 0.15) is 0 Å². The van der Waals surface area contributed by atoms with E-state index in [1.165, 1.54) is 12.2 Å². The smallest absolute Gasteiger partial charge is 0.330 e. The second kappa shape index (κ2) is 24.3. The summed E-state index contributed by atoms with van der Waals surface area (Å²) in [5, 5.41) is 6.01. The summed E-state index contributed by atoms with van der Waals surface area (Å²) in [7, 11) is -7.72. The van der Waals surface area contributed by atoms with Crippen molar-refractivity contribution in [2.75, 3.05) is 26.4 Å². The van der Waals surface area contributed by atoms with Gasteiger partial charge in [-0.1, -0.05) is 211 Å². The number of ether oxygens (including phenoxy) is 4. The summed E-state index contributed by atoms with van der Waals surface area (Å²) < 4.78 is 55.9. The molecule has 0 N–H and O–H groups in total. The van der Waals surface area contributed by atoms with Gasteiger partial charge in [0.25, 0.3) is 0 Å². The van der Waals surface area contributed by atoms with Crippen LogP contribution in [0.3, 0.4) is 0 Å². The van der Waals surface area contributed by atoms with E-state index in [2.05, 4.69) is 13.2 Å². The van der Waals surface area contributed by atoms with Gasteiger partial charge < -0.3 is 28.1 Å². The van der Waals surface area contributed by atoms with Gasteiger partial charge in [0, 0.05) is 78.1 Å². The number of carbonyl (C=O) groups is 4. The summed E-state index contributed by atoms with van der Waals surface area (Å²) in [6.45, 7) is 14.1. The van der Waals surface area contributed by atoms with Crippen molar-refractivity contribution in [2.24, 2.45) is 10.8 Å². The third-order valence-corrected chi connectivity index (χ3v) is 19.3. The fraction of sp³-hybridized carbons (Fsp3) is 0.152. The highest BCUT2D eigenvalue weighted by molar-refractivity contribution is 7.86. The van der Waals surface area contributed by atoms with Gasteiger partial charge in [0.2, 0.25) is 0 Å². The van der Waals surface area contributed by atoms with Crippen molar-refractivity contribution in [3.05, 3.63) is 231 Å². The Kier molecular flexibility index (Phi) is 17.4. The molecule has 8 rings (SSSR count). The first-order valence-electron chi connectivity index (χ1n) is 25.3. The highest BCUT2D eigenvalue weighted by Crippen LogP contribution is 2.52. The van der Waals surface area contributed by atoms with Crippen LogP contribution in [0.2, 0.25) is 0 Å². The van der Waals surface area contributed by atoms with Crippen molar-refractivity contribution in [1.29, 1.82) is 0 Å². The molecule has 0 radical (unpaired) electrons. The van der Waals surface area contributed by atoms with E-state index in [0.29, 0.717) is 75.6 Å². The molecule has 0 fully saturated rings. The van der Waals surface area contributed by atoms with Crippen LogP contribution in [0.4, 0.5) is 0 Å². The van der Waals surface area contributed by atoms with Crippen LogP contribution in [0.25, 0.3) is 44.8 Å². The minimum absolute atomic E-state index is 0.0114. The van der Waals surface area contributed by atoms with Crippen LogP contribution in [0.15, 0.2) is 219 Å². The Balaban J connectivity index is 1.40. The SMILES string of the molecule is C=CC(=O)OCC(C)(C)COC(=O)/C=C/c1cccc2c(-c3c(P(=O)(c4ccccc4)c4ccccc4)ccc4c(/C=C/C(=O)OCC(C)(C)COC(=O)C=C)cccc34)c(P(=O)(c3ccccc3)c3ccccc3)ccc12. The summed E-state index contributed by atoms with van der Waals surface area (Å²) in [5.74, 6) is -2.38. The van der Waals surface area contributed by atoms with E-state index < -0.39 is 49.0 Å². The first kappa shape index (κ1) is 55.8. The number of carbonyl (C=O) groups excluding carboxylic acids is 4. The van der Waals surface area contributed by atoms with Crippen LogP contribution in [0.1, 0.15) is 38.8 Å². The zero-order valence-electron chi connectivity index (χ0n) is 44.0. The van der Waals surface area contributed by atoms with Gasteiger partial charge >= 0.3 is 23.9 Å². The van der Waals surface area contributed by atoms with Crippen LogP contribution in [-0.4, -0.2) is 50.3 Å². The molecule has 12 heteroatoms. The third kappa shape index (κ3) is 12.4. The maximum absolute atomic E-state index is 17.0. The van der Waals surface area contributed by atoms with Gasteiger partial charge in [0.15, 0.2) is 14.3 Å². The first-order valence-corrected chi connectivity index (χ1v) is 28.7. The topological polar surface area (TPSA) is 139 Å². The molecule has 0 bridgehead atoms. The predicted molar refractivity (Wildman–Crippen MR) is 316 cm³/mol. The molecule has 0 spiro atoms. The molecule has 0 aliphatic carbocycles. The molecule has 0 heterocycles. The van der Waals surface area contributed by atoms with E-state index in [0.717, 1.165) is 12.2 Å². The molecule has 0 aliphatic heterocycles. The quantitative estimate of drug-likeness (QED) is 0.0296. The molecule has 8 aromatic carbocycles. The van der Waals surface area contributed by atoms with Crippen molar-refractivity contribution in [2.45, 2.75) is 27.7 Å². The highest BCUT2D eigenvalue weighted by atomic mass is 31.2. The highest BCUT2D eigenvalue weighted by Gasteiger charge is 2.38. The van der Waals surface area contributed by atoms with E-state index in [4.69, 9.17) is 18.9 Å². The van der Waals surface area contributed by atoms with Crippen LogP contribution < -0.4 is 31.8 Å². The van der Waals surface area contributed by atoms with Crippen LogP contribution in [-0.2, 0) is 47.3 Å². The lowest BCUT2D eigenvalue weighted by Gasteiger charge is -2.29. The Morgan fingerprint density at radius 1 is 0.385 bits per heavy atom. The minimum Gasteiger partial charge on any atom is -0.462 e. The predicted octanol–water partition coefficient (Wildman–Crippen LogP) is 11.6. The average molecular weight is 1080 g/mol.